The molecule has 0 unspecified atom stereocenters. The largest absolute Gasteiger partial charge is 0.494 e. The Morgan fingerprint density at radius 3 is 2.05 bits per heavy atom. The summed E-state index contributed by atoms with van der Waals surface area (Å²) in [7, 11) is 0. The molecule has 0 saturated carbocycles. The molecule has 2 N–H and O–H groups in total. The summed E-state index contributed by atoms with van der Waals surface area (Å²) >= 11 is 5.53. The highest BCUT2D eigenvalue weighted by atomic mass is 32.1. The van der Waals surface area contributed by atoms with Crippen LogP contribution in [-0.4, -0.2) is 32.6 Å². The van der Waals surface area contributed by atoms with E-state index < -0.39 is 5.92 Å². The zero-order valence-electron chi connectivity index (χ0n) is 21.1. The predicted molar refractivity (Wildman–Crippen MR) is 154 cm³/mol. The number of anilines is 1. The normalized spacial score (nSPS) is 10.9. The summed E-state index contributed by atoms with van der Waals surface area (Å²) in [6, 6.07) is 30.8. The minimum Gasteiger partial charge on any atom is -0.494 e. The number of aryl methyl sites for hydroxylation is 1. The van der Waals surface area contributed by atoms with E-state index in [4.69, 9.17) is 17.0 Å². The summed E-state index contributed by atoms with van der Waals surface area (Å²) in [4.78, 5) is 15.0. The molecule has 1 aromatic heterocycles. The molecular formula is C30H27N5O2S. The summed E-state index contributed by atoms with van der Waals surface area (Å²) in [6.07, 6.45) is 0. The van der Waals surface area contributed by atoms with Crippen LogP contribution in [0.25, 0.3) is 16.7 Å². The number of hydrogen-bond donors (Lipinski definition) is 2. The summed E-state index contributed by atoms with van der Waals surface area (Å²) < 4.78 is 5.52. The smallest absolute Gasteiger partial charge is 0.238 e. The van der Waals surface area contributed by atoms with Gasteiger partial charge in [-0.15, -0.1) is 10.2 Å². The number of nitrogens with zero attached hydrogens (tertiary/aromatic N) is 3. The molecule has 0 radical (unpaired) electrons. The Hall–Kier alpha value is -4.56. The standard InChI is InChI=1S/C30H27N5O2S/c1-3-37-24-16-14-23(15-17-24)35-33-26-18-20(2)25(19-27(26)34-35)31-30(38)32-29(36)28(21-10-6-4-7-11-21)22-12-8-5-9-13-22/h4-19,28H,3H2,1-2H3,(H2,31,32,36,38). The minimum atomic E-state index is -0.491. The van der Waals surface area contributed by atoms with Gasteiger partial charge in [-0.2, -0.15) is 4.80 Å². The Balaban J connectivity index is 1.34. The van der Waals surface area contributed by atoms with Crippen molar-refractivity contribution in [2.24, 2.45) is 0 Å². The monoisotopic (exact) mass is 521 g/mol. The molecule has 0 aliphatic rings. The molecule has 5 rings (SSSR count). The first-order valence-electron chi connectivity index (χ1n) is 12.3. The zero-order chi connectivity index (χ0) is 26.5. The van der Waals surface area contributed by atoms with Gasteiger partial charge in [-0.3, -0.25) is 4.79 Å². The van der Waals surface area contributed by atoms with E-state index in [1.54, 1.807) is 4.80 Å². The van der Waals surface area contributed by atoms with Gasteiger partial charge in [-0.25, -0.2) is 0 Å². The van der Waals surface area contributed by atoms with E-state index in [9.17, 15) is 4.79 Å². The Morgan fingerprint density at radius 2 is 1.47 bits per heavy atom. The summed E-state index contributed by atoms with van der Waals surface area (Å²) in [6.45, 7) is 4.52. The fourth-order valence-electron chi connectivity index (χ4n) is 4.28. The number of rotatable bonds is 7. The molecule has 0 aliphatic heterocycles. The highest BCUT2D eigenvalue weighted by Crippen LogP contribution is 2.26. The van der Waals surface area contributed by atoms with Crippen molar-refractivity contribution in [1.82, 2.24) is 20.3 Å². The van der Waals surface area contributed by atoms with Crippen LogP contribution in [0.4, 0.5) is 5.69 Å². The molecule has 1 amide bonds. The topological polar surface area (TPSA) is 81.1 Å². The second-order valence-electron chi connectivity index (χ2n) is 8.77. The maximum Gasteiger partial charge on any atom is 0.238 e. The van der Waals surface area contributed by atoms with Crippen LogP contribution in [0.5, 0.6) is 5.75 Å². The first-order chi connectivity index (χ1) is 18.5. The van der Waals surface area contributed by atoms with E-state index in [1.807, 2.05) is 111 Å². The lowest BCUT2D eigenvalue weighted by Crippen LogP contribution is -2.38. The van der Waals surface area contributed by atoms with Gasteiger partial charge in [0.1, 0.15) is 16.8 Å². The first-order valence-corrected chi connectivity index (χ1v) is 12.8. The molecule has 190 valence electrons. The van der Waals surface area contributed by atoms with Gasteiger partial charge < -0.3 is 15.4 Å². The molecule has 0 atom stereocenters. The zero-order valence-corrected chi connectivity index (χ0v) is 21.9. The lowest BCUT2D eigenvalue weighted by molar-refractivity contribution is -0.120. The number of fused-ring (bicyclic) bond motifs is 1. The minimum absolute atomic E-state index is 0.208. The summed E-state index contributed by atoms with van der Waals surface area (Å²) in [5.74, 6) is 0.0995. The van der Waals surface area contributed by atoms with E-state index in [-0.39, 0.29) is 11.0 Å². The number of benzene rings is 4. The molecule has 4 aromatic carbocycles. The van der Waals surface area contributed by atoms with Crippen LogP contribution >= 0.6 is 12.2 Å². The van der Waals surface area contributed by atoms with Crippen molar-refractivity contribution in [2.75, 3.05) is 11.9 Å². The quantitative estimate of drug-likeness (QED) is 0.265. The number of amides is 1. The number of ether oxygens (including phenoxy) is 1. The van der Waals surface area contributed by atoms with Crippen molar-refractivity contribution < 1.29 is 9.53 Å². The highest BCUT2D eigenvalue weighted by molar-refractivity contribution is 7.80. The van der Waals surface area contributed by atoms with Gasteiger partial charge in [-0.05, 0) is 79.2 Å². The average molecular weight is 522 g/mol. The SMILES string of the molecule is CCOc1ccc(-n2nc3cc(C)c(NC(=S)NC(=O)C(c4ccccc4)c4ccccc4)cc3n2)cc1. The van der Waals surface area contributed by atoms with Crippen LogP contribution in [0, 0.1) is 6.92 Å². The molecular weight excluding hydrogens is 494 g/mol. The number of hydrogen-bond acceptors (Lipinski definition) is 5. The Morgan fingerprint density at radius 1 is 0.895 bits per heavy atom. The molecule has 5 aromatic rings. The predicted octanol–water partition coefficient (Wildman–Crippen LogP) is 5.77. The van der Waals surface area contributed by atoms with Crippen molar-refractivity contribution in [3.8, 4) is 11.4 Å². The molecule has 0 fully saturated rings. The number of nitrogens with one attached hydrogen (secondary N) is 2. The van der Waals surface area contributed by atoms with Crippen LogP contribution in [0.1, 0.15) is 29.5 Å². The number of carbonyl (C=O) groups is 1. The molecule has 7 nitrogen and oxygen atoms in total. The van der Waals surface area contributed by atoms with Crippen molar-refractivity contribution in [3.63, 3.8) is 0 Å². The Kier molecular flexibility index (Phi) is 7.42. The van der Waals surface area contributed by atoms with E-state index in [0.717, 1.165) is 39.3 Å². The lowest BCUT2D eigenvalue weighted by Gasteiger charge is -2.19. The van der Waals surface area contributed by atoms with Crippen molar-refractivity contribution in [2.45, 2.75) is 19.8 Å². The van der Waals surface area contributed by atoms with Crippen LogP contribution in [0.3, 0.4) is 0 Å². The molecule has 38 heavy (non-hydrogen) atoms. The second kappa shape index (κ2) is 11.2. The van der Waals surface area contributed by atoms with Crippen molar-refractivity contribution in [1.29, 1.82) is 0 Å². The highest BCUT2D eigenvalue weighted by Gasteiger charge is 2.23. The second-order valence-corrected chi connectivity index (χ2v) is 9.18. The number of carbonyl (C=O) groups excluding carboxylic acids is 1. The van der Waals surface area contributed by atoms with Gasteiger partial charge in [0, 0.05) is 5.69 Å². The van der Waals surface area contributed by atoms with Gasteiger partial charge in [0.15, 0.2) is 5.11 Å². The van der Waals surface area contributed by atoms with Gasteiger partial charge in [0.25, 0.3) is 0 Å². The first kappa shape index (κ1) is 25.1. The van der Waals surface area contributed by atoms with Crippen molar-refractivity contribution >= 4 is 40.0 Å². The van der Waals surface area contributed by atoms with Crippen LogP contribution in [0.2, 0.25) is 0 Å². The molecule has 0 aliphatic carbocycles. The third-order valence-electron chi connectivity index (χ3n) is 6.12. The van der Waals surface area contributed by atoms with Gasteiger partial charge in [-0.1, -0.05) is 60.7 Å². The van der Waals surface area contributed by atoms with Gasteiger partial charge in [0.2, 0.25) is 5.91 Å². The van der Waals surface area contributed by atoms with Gasteiger partial charge >= 0.3 is 0 Å². The number of thiocarbonyl (C=S) groups is 1. The molecule has 1 heterocycles. The van der Waals surface area contributed by atoms with Crippen LogP contribution in [-0.2, 0) is 4.79 Å². The molecule has 0 bridgehead atoms. The van der Waals surface area contributed by atoms with E-state index in [0.29, 0.717) is 12.1 Å². The van der Waals surface area contributed by atoms with Crippen molar-refractivity contribution in [3.05, 3.63) is 114 Å². The fourth-order valence-corrected chi connectivity index (χ4v) is 4.49. The lowest BCUT2D eigenvalue weighted by atomic mass is 9.90. The maximum atomic E-state index is 13.4. The summed E-state index contributed by atoms with van der Waals surface area (Å²) in [5.41, 5.74) is 5.74. The maximum absolute atomic E-state index is 13.4. The van der Waals surface area contributed by atoms with Gasteiger partial charge in [0.05, 0.1) is 18.2 Å². The third kappa shape index (κ3) is 5.55. The Labute approximate surface area is 226 Å². The summed E-state index contributed by atoms with van der Waals surface area (Å²) in [5, 5.41) is 15.5. The Bertz CT molecular complexity index is 1530. The average Bonchev–Trinajstić information content (AvgIpc) is 3.33. The third-order valence-corrected chi connectivity index (χ3v) is 6.32. The number of aromatic nitrogens is 3. The fraction of sp³-hybridized carbons (Fsp3) is 0.133. The van der Waals surface area contributed by atoms with Crippen LogP contribution < -0.4 is 15.4 Å². The van der Waals surface area contributed by atoms with Crippen LogP contribution in [0.15, 0.2) is 97.1 Å². The van der Waals surface area contributed by atoms with E-state index in [2.05, 4.69) is 20.8 Å². The molecule has 8 heteroatoms. The molecule has 0 saturated heterocycles. The molecule has 0 spiro atoms. The van der Waals surface area contributed by atoms with E-state index >= 15 is 0 Å². The van der Waals surface area contributed by atoms with E-state index in [1.165, 1.54) is 0 Å².